The zero-order valence-electron chi connectivity index (χ0n) is 15.5. The van der Waals surface area contributed by atoms with Gasteiger partial charge >= 0.3 is 12.1 Å². The number of amides is 1. The Labute approximate surface area is 147 Å². The number of nitrogens with zero attached hydrogens (tertiary/aromatic N) is 1. The zero-order chi connectivity index (χ0) is 19.2. The Hall–Kier alpha value is -2.38. The van der Waals surface area contributed by atoms with Crippen molar-refractivity contribution in [3.63, 3.8) is 0 Å². The molecule has 8 heteroatoms. The number of carbonyl (C=O) groups excluding carboxylic acids is 3. The number of aromatic nitrogens is 1. The summed E-state index contributed by atoms with van der Waals surface area (Å²) in [6.45, 7) is 10.9. The van der Waals surface area contributed by atoms with Gasteiger partial charge in [-0.3, -0.25) is 4.79 Å². The number of hydrogen-bond acceptors (Lipinski definition) is 7. The summed E-state index contributed by atoms with van der Waals surface area (Å²) < 4.78 is 15.1. The molecule has 0 saturated carbocycles. The minimum Gasteiger partial charge on any atom is -0.461 e. The van der Waals surface area contributed by atoms with Gasteiger partial charge in [-0.15, -0.1) is 0 Å². The fourth-order valence-corrected chi connectivity index (χ4v) is 1.90. The summed E-state index contributed by atoms with van der Waals surface area (Å²) in [4.78, 5) is 39.6. The molecule has 8 nitrogen and oxygen atoms in total. The Kier molecular flexibility index (Phi) is 7.14. The maximum absolute atomic E-state index is 12.3. The lowest BCUT2D eigenvalue weighted by Crippen LogP contribution is -2.42. The first-order valence-corrected chi connectivity index (χ1v) is 8.18. The summed E-state index contributed by atoms with van der Waals surface area (Å²) in [6, 6.07) is -0.458. The number of oxazole rings is 1. The van der Waals surface area contributed by atoms with Gasteiger partial charge in [-0.2, -0.15) is 4.98 Å². The van der Waals surface area contributed by atoms with Crippen molar-refractivity contribution in [2.24, 2.45) is 5.92 Å². The van der Waals surface area contributed by atoms with E-state index in [9.17, 15) is 14.4 Å². The van der Waals surface area contributed by atoms with Crippen molar-refractivity contribution >= 4 is 17.8 Å². The summed E-state index contributed by atoms with van der Waals surface area (Å²) in [6.07, 6.45) is 0.454. The third-order valence-corrected chi connectivity index (χ3v) is 3.14. The van der Waals surface area contributed by atoms with Crippen LogP contribution in [0.1, 0.15) is 69.1 Å². The van der Waals surface area contributed by atoms with Crippen LogP contribution in [0.15, 0.2) is 10.7 Å². The van der Waals surface area contributed by atoms with Crippen LogP contribution in [0.3, 0.4) is 0 Å². The third kappa shape index (κ3) is 6.94. The van der Waals surface area contributed by atoms with Gasteiger partial charge in [0.2, 0.25) is 5.78 Å². The lowest BCUT2D eigenvalue weighted by Gasteiger charge is -2.25. The molecule has 1 aromatic rings. The second-order valence-corrected chi connectivity index (χ2v) is 6.88. The Morgan fingerprint density at radius 2 is 1.92 bits per heavy atom. The van der Waals surface area contributed by atoms with E-state index in [0.29, 0.717) is 0 Å². The number of carbonyl (C=O) groups is 3. The van der Waals surface area contributed by atoms with E-state index in [4.69, 9.17) is 13.9 Å². The van der Waals surface area contributed by atoms with Crippen LogP contribution in [-0.4, -0.2) is 41.1 Å². The van der Waals surface area contributed by atoms with Gasteiger partial charge in [0.05, 0.1) is 6.61 Å². The van der Waals surface area contributed by atoms with E-state index in [0.717, 1.165) is 6.26 Å². The first-order valence-electron chi connectivity index (χ1n) is 8.18. The van der Waals surface area contributed by atoms with Gasteiger partial charge in [-0.1, -0.05) is 13.8 Å². The second kappa shape index (κ2) is 8.64. The van der Waals surface area contributed by atoms with Crippen molar-refractivity contribution in [2.75, 3.05) is 6.61 Å². The number of esters is 1. The van der Waals surface area contributed by atoms with Crippen LogP contribution in [0, 0.1) is 5.92 Å². The summed E-state index contributed by atoms with van der Waals surface area (Å²) >= 11 is 0. The van der Waals surface area contributed by atoms with Crippen molar-refractivity contribution < 1.29 is 28.3 Å². The lowest BCUT2D eigenvalue weighted by atomic mass is 9.99. The molecule has 0 bridgehead atoms. The van der Waals surface area contributed by atoms with Crippen LogP contribution in [-0.2, 0) is 9.47 Å². The SMILES string of the molecule is CCOC(=O)c1coc(C(=O)CC(NC(=O)OC(C)(C)C)C(C)C)n1. The summed E-state index contributed by atoms with van der Waals surface area (Å²) in [5.41, 5.74) is -0.696. The van der Waals surface area contributed by atoms with Crippen molar-refractivity contribution in [1.82, 2.24) is 10.3 Å². The van der Waals surface area contributed by atoms with E-state index >= 15 is 0 Å². The number of alkyl carbamates (subject to hydrolysis) is 1. The van der Waals surface area contributed by atoms with Gasteiger partial charge in [0, 0.05) is 12.5 Å². The molecule has 25 heavy (non-hydrogen) atoms. The normalized spacial score (nSPS) is 12.6. The number of ketones is 1. The van der Waals surface area contributed by atoms with E-state index in [2.05, 4.69) is 10.3 Å². The molecule has 1 aromatic heterocycles. The highest BCUT2D eigenvalue weighted by molar-refractivity contribution is 5.94. The molecule has 0 aliphatic heterocycles. The van der Waals surface area contributed by atoms with E-state index in [-0.39, 0.29) is 30.5 Å². The predicted molar refractivity (Wildman–Crippen MR) is 89.4 cm³/mol. The van der Waals surface area contributed by atoms with Gasteiger partial charge < -0.3 is 19.2 Å². The maximum Gasteiger partial charge on any atom is 0.407 e. The molecular weight excluding hydrogens is 328 g/mol. The molecule has 1 N–H and O–H groups in total. The zero-order valence-corrected chi connectivity index (χ0v) is 15.5. The summed E-state index contributed by atoms with van der Waals surface area (Å²) in [5, 5.41) is 2.68. The number of rotatable bonds is 7. The predicted octanol–water partition coefficient (Wildman–Crippen LogP) is 2.97. The Morgan fingerprint density at radius 1 is 1.28 bits per heavy atom. The molecule has 0 aliphatic carbocycles. The highest BCUT2D eigenvalue weighted by Crippen LogP contribution is 2.14. The topological polar surface area (TPSA) is 108 Å². The van der Waals surface area contributed by atoms with Gasteiger partial charge in [0.15, 0.2) is 5.69 Å². The van der Waals surface area contributed by atoms with Gasteiger partial charge in [-0.05, 0) is 33.6 Å². The fourth-order valence-electron chi connectivity index (χ4n) is 1.90. The average molecular weight is 354 g/mol. The standard InChI is InChI=1S/C17H26N2O6/c1-7-23-15(21)12-9-24-14(18-12)13(20)8-11(10(2)3)19-16(22)25-17(4,5)6/h9-11H,7-8H2,1-6H3,(H,19,22). The molecule has 0 aliphatic rings. The highest BCUT2D eigenvalue weighted by atomic mass is 16.6. The molecule has 0 spiro atoms. The smallest absolute Gasteiger partial charge is 0.407 e. The quantitative estimate of drug-likeness (QED) is 0.592. The number of nitrogens with one attached hydrogen (secondary N) is 1. The molecule has 0 saturated heterocycles. The Morgan fingerprint density at radius 3 is 2.44 bits per heavy atom. The Balaban J connectivity index is 2.74. The Bertz CT molecular complexity index is 615. The van der Waals surface area contributed by atoms with Crippen LogP contribution in [0.2, 0.25) is 0 Å². The van der Waals surface area contributed by atoms with E-state index in [1.807, 2.05) is 13.8 Å². The van der Waals surface area contributed by atoms with Crippen molar-refractivity contribution in [3.05, 3.63) is 17.8 Å². The lowest BCUT2D eigenvalue weighted by molar-refractivity contribution is 0.0483. The van der Waals surface area contributed by atoms with Crippen LogP contribution in [0.4, 0.5) is 4.79 Å². The maximum atomic E-state index is 12.3. The first kappa shape index (κ1) is 20.7. The number of hydrogen-bond donors (Lipinski definition) is 1. The van der Waals surface area contributed by atoms with E-state index in [1.54, 1.807) is 27.7 Å². The van der Waals surface area contributed by atoms with Crippen molar-refractivity contribution in [2.45, 2.75) is 59.6 Å². The second-order valence-electron chi connectivity index (χ2n) is 6.88. The van der Waals surface area contributed by atoms with Gasteiger partial charge in [0.1, 0.15) is 11.9 Å². The van der Waals surface area contributed by atoms with Gasteiger partial charge in [-0.25, -0.2) is 9.59 Å². The molecule has 1 amide bonds. The molecule has 0 radical (unpaired) electrons. The monoisotopic (exact) mass is 354 g/mol. The summed E-state index contributed by atoms with van der Waals surface area (Å²) in [7, 11) is 0. The average Bonchev–Trinajstić information content (AvgIpc) is 2.94. The van der Waals surface area contributed by atoms with E-state index in [1.165, 1.54) is 0 Å². The van der Waals surface area contributed by atoms with Crippen molar-refractivity contribution in [3.8, 4) is 0 Å². The molecule has 1 atom stereocenters. The molecular formula is C17H26N2O6. The summed E-state index contributed by atoms with van der Waals surface area (Å²) in [5.74, 6) is -1.29. The number of ether oxygens (including phenoxy) is 2. The van der Waals surface area contributed by atoms with Crippen molar-refractivity contribution in [1.29, 1.82) is 0 Å². The molecule has 140 valence electrons. The fraction of sp³-hybridized carbons (Fsp3) is 0.647. The highest BCUT2D eigenvalue weighted by Gasteiger charge is 2.26. The molecule has 1 rings (SSSR count). The molecule has 0 aromatic carbocycles. The van der Waals surface area contributed by atoms with Crippen LogP contribution in [0.5, 0.6) is 0 Å². The largest absolute Gasteiger partial charge is 0.461 e. The van der Waals surface area contributed by atoms with Crippen LogP contribution in [0.25, 0.3) is 0 Å². The number of Topliss-reactive ketones (excluding diaryl/α,β-unsaturated/α-hetero) is 1. The molecule has 1 unspecified atom stereocenters. The van der Waals surface area contributed by atoms with Crippen LogP contribution >= 0.6 is 0 Å². The minimum atomic E-state index is -0.655. The first-order chi connectivity index (χ1) is 11.5. The minimum absolute atomic E-state index is 0.0176. The third-order valence-electron chi connectivity index (χ3n) is 3.14. The van der Waals surface area contributed by atoms with Crippen LogP contribution < -0.4 is 5.32 Å². The molecule has 1 heterocycles. The van der Waals surface area contributed by atoms with Gasteiger partial charge in [0.25, 0.3) is 5.89 Å². The van der Waals surface area contributed by atoms with E-state index < -0.39 is 29.5 Å². The molecule has 0 fully saturated rings.